The molecule has 3 aliphatic rings. The lowest BCUT2D eigenvalue weighted by atomic mass is 9.85. The van der Waals surface area contributed by atoms with Crippen LogP contribution >= 0.6 is 11.6 Å². The quantitative estimate of drug-likeness (QED) is 0.172. The van der Waals surface area contributed by atoms with Gasteiger partial charge in [-0.2, -0.15) is 0 Å². The number of amides is 2. The minimum Gasteiger partial charge on any atom is -0.497 e. The van der Waals surface area contributed by atoms with E-state index in [1.165, 1.54) is 18.2 Å². The predicted molar refractivity (Wildman–Crippen MR) is 146 cm³/mol. The Bertz CT molecular complexity index is 1490. The number of hydrogen-bond acceptors (Lipinski definition) is 6. The van der Waals surface area contributed by atoms with Gasteiger partial charge in [-0.05, 0) is 58.7 Å². The molecule has 4 atom stereocenters. The van der Waals surface area contributed by atoms with Crippen molar-refractivity contribution in [1.82, 2.24) is 0 Å². The van der Waals surface area contributed by atoms with Gasteiger partial charge in [0, 0.05) is 17.9 Å². The molecule has 1 saturated heterocycles. The van der Waals surface area contributed by atoms with Crippen molar-refractivity contribution in [2.24, 2.45) is 23.7 Å². The van der Waals surface area contributed by atoms with Crippen LogP contribution in [0.5, 0.6) is 11.5 Å². The maximum absolute atomic E-state index is 13.8. The van der Waals surface area contributed by atoms with E-state index in [2.05, 4.69) is 0 Å². The number of benzene rings is 3. The molecule has 0 unspecified atom stereocenters. The van der Waals surface area contributed by atoms with Gasteiger partial charge in [0.1, 0.15) is 16.5 Å². The van der Waals surface area contributed by atoms with Gasteiger partial charge in [0.25, 0.3) is 5.69 Å². The van der Waals surface area contributed by atoms with E-state index in [9.17, 15) is 19.7 Å². The highest BCUT2D eigenvalue weighted by atomic mass is 35.5. The number of halogens is 1. The van der Waals surface area contributed by atoms with Gasteiger partial charge in [-0.3, -0.25) is 19.7 Å². The number of carbonyl (C=O) groups is 2. The van der Waals surface area contributed by atoms with E-state index in [1.807, 2.05) is 60.7 Å². The standard InChI is InChI=1S/C30H23ClN2O6/c1-38-19-8-3-16(4-9-19)25(17-5-10-20(39-2)11-6-17)26-21-12-13-22(26)28-27(21)29(34)32(30(28)35)18-7-14-23(31)24(15-18)33(36)37/h3-15,21-22,27-28H,1-2H3/t21-,22-,27+,28+/m1/s1. The van der Waals surface area contributed by atoms with Crippen molar-refractivity contribution in [1.29, 1.82) is 0 Å². The Labute approximate surface area is 229 Å². The lowest BCUT2D eigenvalue weighted by Crippen LogP contribution is -2.33. The van der Waals surface area contributed by atoms with Crippen molar-refractivity contribution >= 4 is 40.4 Å². The summed E-state index contributed by atoms with van der Waals surface area (Å²) >= 11 is 5.97. The Kier molecular flexibility index (Phi) is 5.99. The third-order valence-electron chi connectivity index (χ3n) is 7.85. The fourth-order valence-electron chi connectivity index (χ4n) is 6.15. The number of ether oxygens (including phenoxy) is 2. The van der Waals surface area contributed by atoms with Crippen LogP contribution in [0.2, 0.25) is 5.02 Å². The molecule has 0 aromatic heterocycles. The summed E-state index contributed by atoms with van der Waals surface area (Å²) < 4.78 is 10.7. The summed E-state index contributed by atoms with van der Waals surface area (Å²) in [6.07, 6.45) is 4.01. The van der Waals surface area contributed by atoms with Crippen molar-refractivity contribution in [3.8, 4) is 11.5 Å². The molecular weight excluding hydrogens is 520 g/mol. The molecule has 2 fully saturated rings. The van der Waals surface area contributed by atoms with E-state index in [4.69, 9.17) is 21.1 Å². The number of imide groups is 1. The minimum atomic E-state index is -0.625. The highest BCUT2D eigenvalue weighted by Crippen LogP contribution is 2.59. The summed E-state index contributed by atoms with van der Waals surface area (Å²) in [7, 11) is 3.22. The molecule has 3 aromatic rings. The molecule has 196 valence electrons. The van der Waals surface area contributed by atoms with Crippen LogP contribution in [-0.2, 0) is 9.59 Å². The number of nitrogens with zero attached hydrogens (tertiary/aromatic N) is 2. The van der Waals surface area contributed by atoms with Crippen LogP contribution in [0.3, 0.4) is 0 Å². The first-order valence-corrected chi connectivity index (χ1v) is 12.7. The van der Waals surface area contributed by atoms with Crippen molar-refractivity contribution in [2.75, 3.05) is 19.1 Å². The second-order valence-electron chi connectivity index (χ2n) is 9.68. The maximum atomic E-state index is 13.8. The molecule has 9 heteroatoms. The second kappa shape index (κ2) is 9.39. The van der Waals surface area contributed by atoms with Crippen LogP contribution in [-0.4, -0.2) is 31.0 Å². The monoisotopic (exact) mass is 542 g/mol. The van der Waals surface area contributed by atoms with Crippen LogP contribution in [0, 0.1) is 33.8 Å². The van der Waals surface area contributed by atoms with Crippen LogP contribution in [0.1, 0.15) is 11.1 Å². The average molecular weight is 543 g/mol. The summed E-state index contributed by atoms with van der Waals surface area (Å²) in [4.78, 5) is 39.4. The Morgan fingerprint density at radius 3 is 1.74 bits per heavy atom. The summed E-state index contributed by atoms with van der Waals surface area (Å²) in [5, 5.41) is 11.4. The fraction of sp³-hybridized carbons (Fsp3) is 0.200. The van der Waals surface area contributed by atoms with Gasteiger partial charge in [0.05, 0.1) is 36.7 Å². The van der Waals surface area contributed by atoms with E-state index in [1.54, 1.807) is 14.2 Å². The Morgan fingerprint density at radius 2 is 1.31 bits per heavy atom. The molecule has 0 radical (unpaired) electrons. The van der Waals surface area contributed by atoms with Crippen LogP contribution in [0.4, 0.5) is 11.4 Å². The highest BCUT2D eigenvalue weighted by molar-refractivity contribution is 6.33. The van der Waals surface area contributed by atoms with Crippen molar-refractivity contribution in [3.05, 3.63) is 111 Å². The molecule has 6 rings (SSSR count). The molecule has 2 bridgehead atoms. The Balaban J connectivity index is 1.46. The second-order valence-corrected chi connectivity index (χ2v) is 10.1. The van der Waals surface area contributed by atoms with Crippen molar-refractivity contribution < 1.29 is 24.0 Å². The topological polar surface area (TPSA) is 99.0 Å². The zero-order valence-corrected chi connectivity index (χ0v) is 21.8. The summed E-state index contributed by atoms with van der Waals surface area (Å²) in [5.74, 6) is -1.04. The van der Waals surface area contributed by atoms with Crippen molar-refractivity contribution in [3.63, 3.8) is 0 Å². The van der Waals surface area contributed by atoms with E-state index in [0.717, 1.165) is 38.7 Å². The van der Waals surface area contributed by atoms with Gasteiger partial charge in [-0.1, -0.05) is 48.0 Å². The first-order valence-electron chi connectivity index (χ1n) is 12.4. The molecule has 1 saturated carbocycles. The molecular formula is C30H23ClN2O6. The molecule has 1 heterocycles. The largest absolute Gasteiger partial charge is 0.497 e. The van der Waals surface area contributed by atoms with Gasteiger partial charge in [-0.15, -0.1) is 0 Å². The number of hydrogen-bond donors (Lipinski definition) is 0. The van der Waals surface area contributed by atoms with Crippen LogP contribution in [0.15, 0.2) is 84.5 Å². The molecule has 2 aliphatic carbocycles. The van der Waals surface area contributed by atoms with Crippen LogP contribution in [0.25, 0.3) is 5.57 Å². The average Bonchev–Trinajstić information content (AvgIpc) is 3.58. The maximum Gasteiger partial charge on any atom is 0.289 e. The van der Waals surface area contributed by atoms with Gasteiger partial charge in [-0.25, -0.2) is 4.90 Å². The van der Waals surface area contributed by atoms with Crippen molar-refractivity contribution in [2.45, 2.75) is 0 Å². The van der Waals surface area contributed by atoms with Crippen LogP contribution < -0.4 is 14.4 Å². The number of anilines is 1. The summed E-state index contributed by atoms with van der Waals surface area (Å²) in [6, 6.07) is 19.4. The van der Waals surface area contributed by atoms with Gasteiger partial charge >= 0.3 is 0 Å². The first kappa shape index (κ1) is 24.9. The SMILES string of the molecule is COc1ccc(C(=C2[C@H]3C=C[C@H]2[C@@H]2C(=O)N(c4ccc(Cl)c([N+](=O)[O-])c4)C(=O)[C@H]23)c2ccc(OC)cc2)cc1. The number of carbonyl (C=O) groups excluding carboxylic acids is 2. The third kappa shape index (κ3) is 3.82. The minimum absolute atomic E-state index is 0.0568. The third-order valence-corrected chi connectivity index (χ3v) is 8.17. The lowest BCUT2D eigenvalue weighted by Gasteiger charge is -2.22. The molecule has 8 nitrogen and oxygen atoms in total. The molecule has 39 heavy (non-hydrogen) atoms. The lowest BCUT2D eigenvalue weighted by molar-refractivity contribution is -0.384. The molecule has 2 amide bonds. The number of allylic oxidation sites excluding steroid dienone is 3. The summed E-state index contributed by atoms with van der Waals surface area (Å²) in [5.41, 5.74) is 3.67. The number of fused-ring (bicyclic) bond motifs is 5. The van der Waals surface area contributed by atoms with Gasteiger partial charge < -0.3 is 9.47 Å². The number of nitro benzene ring substituents is 1. The molecule has 3 aromatic carbocycles. The highest BCUT2D eigenvalue weighted by Gasteiger charge is 2.62. The smallest absolute Gasteiger partial charge is 0.289 e. The Morgan fingerprint density at radius 1 is 0.821 bits per heavy atom. The fourth-order valence-corrected chi connectivity index (χ4v) is 6.33. The zero-order valence-electron chi connectivity index (χ0n) is 21.0. The van der Waals surface area contributed by atoms with Gasteiger partial charge in [0.15, 0.2) is 0 Å². The molecule has 0 spiro atoms. The normalized spacial score (nSPS) is 22.8. The van der Waals surface area contributed by atoms with E-state index in [0.29, 0.717) is 0 Å². The summed E-state index contributed by atoms with van der Waals surface area (Å²) in [6.45, 7) is 0. The van der Waals surface area contributed by atoms with Gasteiger partial charge in [0.2, 0.25) is 11.8 Å². The molecule has 0 N–H and O–H groups in total. The van der Waals surface area contributed by atoms with E-state index in [-0.39, 0.29) is 40.0 Å². The number of nitro groups is 1. The predicted octanol–water partition coefficient (Wildman–Crippen LogP) is 5.69. The van der Waals surface area contributed by atoms with E-state index >= 15 is 0 Å². The number of rotatable bonds is 6. The number of methoxy groups -OCH3 is 2. The first-order chi connectivity index (χ1) is 18.8. The molecule has 1 aliphatic heterocycles. The van der Waals surface area contributed by atoms with E-state index < -0.39 is 16.8 Å². The Hall–Kier alpha value is -4.43. The zero-order chi connectivity index (χ0) is 27.4.